The minimum Gasteiger partial charge on any atom is -0.481 e. The van der Waals surface area contributed by atoms with Gasteiger partial charge in [-0.2, -0.15) is 0 Å². The summed E-state index contributed by atoms with van der Waals surface area (Å²) in [6, 6.07) is 10.4. The SMILES string of the molecule is CC1(C)C2CC[C@]3(C)C(CC[C@@H]4[C@H]5CCC[C@]5(C(=O)N5CCC[C@H]5c5ncc(-c6ccccc6)[nH]5)CC[C@]43C)[C@@]2(C)CC[C@@H]1OC(=O)[C@H]1C[C@@H](C(=O)O)C1(C)C. The van der Waals surface area contributed by atoms with E-state index in [0.717, 1.165) is 81.4 Å². The highest BCUT2D eigenvalue weighted by atomic mass is 16.5. The molecule has 1 saturated heterocycles. The lowest BCUT2D eigenvalue weighted by Gasteiger charge is -2.72. The van der Waals surface area contributed by atoms with E-state index in [2.05, 4.69) is 68.8 Å². The normalized spacial score (nSPS) is 43.4. The van der Waals surface area contributed by atoms with Crippen LogP contribution >= 0.6 is 0 Å². The first kappa shape index (κ1) is 38.4. The van der Waals surface area contributed by atoms with E-state index >= 15 is 4.79 Å². The zero-order valence-corrected chi connectivity index (χ0v) is 35.2. The molecule has 1 aliphatic heterocycles. The number of fused-ring (bicyclic) bond motifs is 7. The lowest BCUT2D eigenvalue weighted by atomic mass is 9.32. The van der Waals surface area contributed by atoms with Crippen LogP contribution in [-0.4, -0.2) is 50.5 Å². The van der Waals surface area contributed by atoms with E-state index in [4.69, 9.17) is 9.72 Å². The topological polar surface area (TPSA) is 113 Å². The molecular weight excluding hydrogens is 699 g/mol. The fourth-order valence-corrected chi connectivity index (χ4v) is 15.9. The predicted molar refractivity (Wildman–Crippen MR) is 216 cm³/mol. The molecule has 2 unspecified atom stereocenters. The molecule has 0 radical (unpaired) electrons. The molecule has 12 atom stereocenters. The van der Waals surface area contributed by atoms with Gasteiger partial charge in [0.15, 0.2) is 0 Å². The van der Waals surface area contributed by atoms with Crippen molar-refractivity contribution in [3.8, 4) is 11.3 Å². The monoisotopic (exact) mass is 766 g/mol. The van der Waals surface area contributed by atoms with E-state index in [1.165, 1.54) is 25.7 Å². The number of H-pyrrole nitrogens is 1. The zero-order valence-electron chi connectivity index (χ0n) is 35.2. The third-order valence-electron chi connectivity index (χ3n) is 19.3. The van der Waals surface area contributed by atoms with E-state index in [1.54, 1.807) is 0 Å². The van der Waals surface area contributed by atoms with Gasteiger partial charge in [-0.3, -0.25) is 14.4 Å². The molecule has 2 N–H and O–H groups in total. The highest BCUT2D eigenvalue weighted by Gasteiger charge is 2.71. The van der Waals surface area contributed by atoms with Gasteiger partial charge in [-0.25, -0.2) is 4.98 Å². The molecule has 6 aliphatic carbocycles. The number of esters is 1. The number of amides is 1. The second-order valence-electron chi connectivity index (χ2n) is 21.8. The Morgan fingerprint density at radius 2 is 1.54 bits per heavy atom. The van der Waals surface area contributed by atoms with Crippen LogP contribution in [0.1, 0.15) is 150 Å². The highest BCUT2D eigenvalue weighted by molar-refractivity contribution is 5.84. The van der Waals surface area contributed by atoms with Gasteiger partial charge in [-0.15, -0.1) is 0 Å². The maximum atomic E-state index is 15.2. The van der Waals surface area contributed by atoms with Crippen LogP contribution in [0.2, 0.25) is 0 Å². The molecule has 0 bridgehead atoms. The van der Waals surface area contributed by atoms with Gasteiger partial charge >= 0.3 is 11.9 Å². The Labute approximate surface area is 334 Å². The Bertz CT molecular complexity index is 1890. The Morgan fingerprint density at radius 3 is 2.27 bits per heavy atom. The molecule has 7 aliphatic rings. The number of carboxylic acid groups (broad SMARTS) is 1. The van der Waals surface area contributed by atoms with Crippen molar-refractivity contribution >= 4 is 17.8 Å². The third-order valence-corrected chi connectivity index (χ3v) is 19.3. The van der Waals surface area contributed by atoms with Crippen LogP contribution in [0, 0.1) is 68.0 Å². The number of aromatic amines is 1. The van der Waals surface area contributed by atoms with Crippen molar-refractivity contribution in [2.24, 2.45) is 68.0 Å². The fraction of sp³-hybridized carbons (Fsp3) is 0.750. The number of carbonyl (C=O) groups is 3. The van der Waals surface area contributed by atoms with Gasteiger partial charge in [-0.1, -0.05) is 85.2 Å². The second kappa shape index (κ2) is 12.9. The van der Waals surface area contributed by atoms with Crippen LogP contribution in [0.4, 0.5) is 0 Å². The molecule has 1 aromatic carbocycles. The summed E-state index contributed by atoms with van der Waals surface area (Å²) in [5, 5.41) is 9.67. The number of nitrogens with zero attached hydrogens (tertiary/aromatic N) is 2. The average molecular weight is 766 g/mol. The van der Waals surface area contributed by atoms with E-state index < -0.39 is 17.3 Å². The number of hydrogen-bond acceptors (Lipinski definition) is 5. The molecule has 9 rings (SSSR count). The van der Waals surface area contributed by atoms with E-state index in [9.17, 15) is 14.7 Å². The molecule has 1 aromatic heterocycles. The van der Waals surface area contributed by atoms with E-state index in [0.29, 0.717) is 36.0 Å². The molecule has 6 saturated carbocycles. The summed E-state index contributed by atoms with van der Waals surface area (Å²) in [5.74, 6) is 1.55. The van der Waals surface area contributed by atoms with Crippen LogP contribution < -0.4 is 0 Å². The number of rotatable bonds is 6. The van der Waals surface area contributed by atoms with Crippen molar-refractivity contribution in [1.29, 1.82) is 0 Å². The molecule has 8 nitrogen and oxygen atoms in total. The van der Waals surface area contributed by atoms with Crippen LogP contribution in [0.5, 0.6) is 0 Å². The number of benzene rings is 1. The number of carboxylic acids is 1. The van der Waals surface area contributed by atoms with Crippen molar-refractivity contribution < 1.29 is 24.2 Å². The van der Waals surface area contributed by atoms with Gasteiger partial charge in [0, 0.05) is 12.0 Å². The summed E-state index contributed by atoms with van der Waals surface area (Å²) >= 11 is 0. The second-order valence-corrected chi connectivity index (χ2v) is 21.8. The largest absolute Gasteiger partial charge is 0.481 e. The predicted octanol–water partition coefficient (Wildman–Crippen LogP) is 10.3. The van der Waals surface area contributed by atoms with Crippen LogP contribution in [0.25, 0.3) is 11.3 Å². The molecule has 2 heterocycles. The summed E-state index contributed by atoms with van der Waals surface area (Å²) in [6.07, 6.45) is 16.4. The smallest absolute Gasteiger partial charge is 0.309 e. The zero-order chi connectivity index (χ0) is 39.6. The number of aromatic nitrogens is 2. The number of ether oxygens (including phenoxy) is 1. The average Bonchev–Trinajstić information content (AvgIpc) is 3.93. The first-order valence-corrected chi connectivity index (χ1v) is 22.3. The van der Waals surface area contributed by atoms with Crippen LogP contribution in [-0.2, 0) is 19.1 Å². The number of hydrogen-bond donors (Lipinski definition) is 2. The maximum Gasteiger partial charge on any atom is 0.309 e. The van der Waals surface area contributed by atoms with Gasteiger partial charge in [0.2, 0.25) is 5.91 Å². The summed E-state index contributed by atoms with van der Waals surface area (Å²) < 4.78 is 6.44. The van der Waals surface area contributed by atoms with Gasteiger partial charge < -0.3 is 19.7 Å². The number of likely N-dealkylation sites (tertiary alicyclic amines) is 1. The first-order chi connectivity index (χ1) is 26.5. The van der Waals surface area contributed by atoms with Crippen molar-refractivity contribution in [2.45, 2.75) is 151 Å². The molecule has 0 spiro atoms. The Hall–Kier alpha value is -3.16. The Kier molecular flexibility index (Phi) is 8.85. The third kappa shape index (κ3) is 5.20. The standard InChI is InChI=1S/C48H67N3O5/c1-43(2)32(40(52)53)27-33(43)41(54)56-38-20-22-45(5)36(44(38,3)4)19-23-47(7)37(45)18-17-30-31-15-11-21-48(31,25-24-46(30,47)6)42(55)51-26-12-16-35(51)39-49-28-34(50-39)29-13-9-8-10-14-29/h8-10,13-14,28,30-33,35-38H,11-12,15-27H2,1-7H3,(H,49,50)(H,52,53)/t30-,31-,32+,33-,35+,36?,37?,38+,45+,46-,47-,48+/m1/s1. The Balaban J connectivity index is 0.928. The number of imidazole rings is 1. The summed E-state index contributed by atoms with van der Waals surface area (Å²) in [6.45, 7) is 17.2. The van der Waals surface area contributed by atoms with Crippen molar-refractivity contribution in [3.63, 3.8) is 0 Å². The number of aliphatic carboxylic acids is 1. The minimum atomic E-state index is -0.812. The van der Waals surface area contributed by atoms with Crippen molar-refractivity contribution in [1.82, 2.24) is 14.9 Å². The molecule has 7 fully saturated rings. The summed E-state index contributed by atoms with van der Waals surface area (Å²) in [5.41, 5.74) is 1.67. The quantitative estimate of drug-likeness (QED) is 0.283. The van der Waals surface area contributed by atoms with E-state index in [-0.39, 0.29) is 51.1 Å². The summed E-state index contributed by atoms with van der Waals surface area (Å²) in [4.78, 5) is 51.3. The molecular formula is C48H67N3O5. The number of nitrogens with one attached hydrogen (secondary N) is 1. The van der Waals surface area contributed by atoms with Gasteiger partial charge in [0.25, 0.3) is 0 Å². The summed E-state index contributed by atoms with van der Waals surface area (Å²) in [7, 11) is 0. The molecule has 56 heavy (non-hydrogen) atoms. The molecule has 304 valence electrons. The van der Waals surface area contributed by atoms with Gasteiger partial charge in [0.05, 0.1) is 35.2 Å². The minimum absolute atomic E-state index is 0.0204. The fourth-order valence-electron chi connectivity index (χ4n) is 15.9. The van der Waals surface area contributed by atoms with Crippen molar-refractivity contribution in [3.05, 3.63) is 42.4 Å². The maximum absolute atomic E-state index is 15.2. The Morgan fingerprint density at radius 1 is 0.768 bits per heavy atom. The lowest BCUT2D eigenvalue weighted by molar-refractivity contribution is -0.250. The van der Waals surface area contributed by atoms with Gasteiger partial charge in [0.1, 0.15) is 11.9 Å². The van der Waals surface area contributed by atoms with E-state index in [1.807, 2.05) is 26.1 Å². The highest BCUT2D eigenvalue weighted by Crippen LogP contribution is 2.77. The first-order valence-electron chi connectivity index (χ1n) is 22.3. The van der Waals surface area contributed by atoms with Crippen molar-refractivity contribution in [2.75, 3.05) is 6.54 Å². The van der Waals surface area contributed by atoms with Gasteiger partial charge in [-0.05, 0) is 134 Å². The molecule has 2 aromatic rings. The van der Waals surface area contributed by atoms with Crippen LogP contribution in [0.15, 0.2) is 36.5 Å². The molecule has 1 amide bonds. The lowest BCUT2D eigenvalue weighted by Crippen LogP contribution is -2.67. The van der Waals surface area contributed by atoms with Crippen LogP contribution in [0.3, 0.4) is 0 Å². The molecule has 8 heteroatoms. The number of carbonyl (C=O) groups excluding carboxylic acids is 2.